The van der Waals surface area contributed by atoms with E-state index in [2.05, 4.69) is 19.2 Å². The highest BCUT2D eigenvalue weighted by Crippen LogP contribution is 2.32. The van der Waals surface area contributed by atoms with Crippen LogP contribution < -0.4 is 5.32 Å². The van der Waals surface area contributed by atoms with Gasteiger partial charge in [-0.3, -0.25) is 0 Å². The Morgan fingerprint density at radius 2 is 2.05 bits per heavy atom. The van der Waals surface area contributed by atoms with Gasteiger partial charge in [-0.2, -0.15) is 4.31 Å². The van der Waals surface area contributed by atoms with Crippen LogP contribution in [0.3, 0.4) is 0 Å². The van der Waals surface area contributed by atoms with E-state index >= 15 is 0 Å². The van der Waals surface area contributed by atoms with Crippen molar-refractivity contribution in [2.75, 3.05) is 13.6 Å². The van der Waals surface area contributed by atoms with Crippen molar-refractivity contribution in [1.82, 2.24) is 9.62 Å². The van der Waals surface area contributed by atoms with Crippen LogP contribution >= 0.6 is 0 Å². The van der Waals surface area contributed by atoms with Crippen LogP contribution in [0.25, 0.3) is 0 Å². The van der Waals surface area contributed by atoms with Crippen molar-refractivity contribution >= 4 is 10.0 Å². The van der Waals surface area contributed by atoms with Crippen LogP contribution in [0.5, 0.6) is 0 Å². The van der Waals surface area contributed by atoms with Gasteiger partial charge in [-0.15, -0.1) is 0 Å². The molecule has 0 aromatic heterocycles. The molecule has 0 unspecified atom stereocenters. The van der Waals surface area contributed by atoms with Gasteiger partial charge in [0.05, 0.1) is 4.90 Å². The van der Waals surface area contributed by atoms with Gasteiger partial charge < -0.3 is 5.32 Å². The van der Waals surface area contributed by atoms with Gasteiger partial charge in [0, 0.05) is 19.1 Å². The first kappa shape index (κ1) is 16.5. The van der Waals surface area contributed by atoms with E-state index in [4.69, 9.17) is 0 Å². The molecule has 1 N–H and O–H groups in total. The molecule has 2 rings (SSSR count). The van der Waals surface area contributed by atoms with Crippen LogP contribution in [0.1, 0.15) is 38.7 Å². The molecule has 0 radical (unpaired) electrons. The molecule has 1 aromatic carbocycles. The lowest BCUT2D eigenvalue weighted by Gasteiger charge is -2.23. The summed E-state index contributed by atoms with van der Waals surface area (Å²) in [6.45, 7) is 5.57. The first-order valence-electron chi connectivity index (χ1n) is 7.70. The lowest BCUT2D eigenvalue weighted by molar-refractivity contribution is 0.373. The van der Waals surface area contributed by atoms with Crippen LogP contribution in [-0.2, 0) is 16.6 Å². The molecule has 0 aliphatic heterocycles. The highest BCUT2D eigenvalue weighted by atomic mass is 32.2. The van der Waals surface area contributed by atoms with Crippen molar-refractivity contribution in [3.05, 3.63) is 29.8 Å². The van der Waals surface area contributed by atoms with E-state index in [9.17, 15) is 8.42 Å². The van der Waals surface area contributed by atoms with Gasteiger partial charge in [0.15, 0.2) is 0 Å². The molecule has 0 spiro atoms. The van der Waals surface area contributed by atoms with Gasteiger partial charge in [-0.05, 0) is 49.9 Å². The van der Waals surface area contributed by atoms with Crippen LogP contribution in [0.2, 0.25) is 0 Å². The smallest absolute Gasteiger partial charge is 0.243 e. The zero-order valence-electron chi connectivity index (χ0n) is 13.2. The Kier molecular flexibility index (Phi) is 5.41. The van der Waals surface area contributed by atoms with Crippen molar-refractivity contribution in [3.63, 3.8) is 0 Å². The van der Waals surface area contributed by atoms with Crippen molar-refractivity contribution in [2.24, 2.45) is 5.92 Å². The highest BCUT2D eigenvalue weighted by Gasteiger charge is 2.37. The molecule has 21 heavy (non-hydrogen) atoms. The van der Waals surface area contributed by atoms with Gasteiger partial charge in [-0.1, -0.05) is 26.0 Å². The standard InChI is InChI=1S/C16H26N2O2S/c1-13(2)9-10-18(15-7-8-15)21(19,20)16-6-4-5-14(11-16)12-17-3/h4-6,11,13,15,17H,7-10,12H2,1-3H3. The molecule has 0 amide bonds. The molecule has 0 atom stereocenters. The molecule has 1 saturated carbocycles. The summed E-state index contributed by atoms with van der Waals surface area (Å²) >= 11 is 0. The number of rotatable bonds is 8. The Labute approximate surface area is 128 Å². The SMILES string of the molecule is CNCc1cccc(S(=O)(=O)N(CCC(C)C)C2CC2)c1. The molecule has 1 aliphatic carbocycles. The van der Waals surface area contributed by atoms with Crippen molar-refractivity contribution in [2.45, 2.75) is 50.6 Å². The fourth-order valence-corrected chi connectivity index (χ4v) is 4.17. The molecule has 4 nitrogen and oxygen atoms in total. The minimum atomic E-state index is -3.37. The summed E-state index contributed by atoms with van der Waals surface area (Å²) in [5.41, 5.74) is 0.998. The van der Waals surface area contributed by atoms with Crippen molar-refractivity contribution < 1.29 is 8.42 Å². The minimum absolute atomic E-state index is 0.210. The zero-order valence-corrected chi connectivity index (χ0v) is 14.0. The first-order valence-corrected chi connectivity index (χ1v) is 9.14. The fraction of sp³-hybridized carbons (Fsp3) is 0.625. The van der Waals surface area contributed by atoms with Crippen molar-refractivity contribution in [1.29, 1.82) is 0 Å². The normalized spacial score (nSPS) is 15.9. The Morgan fingerprint density at radius 1 is 1.33 bits per heavy atom. The Morgan fingerprint density at radius 3 is 2.62 bits per heavy atom. The summed E-state index contributed by atoms with van der Waals surface area (Å²) < 4.78 is 27.5. The number of benzene rings is 1. The molecule has 118 valence electrons. The quantitative estimate of drug-likeness (QED) is 0.803. The van der Waals surface area contributed by atoms with Gasteiger partial charge in [0.1, 0.15) is 0 Å². The maximum absolute atomic E-state index is 12.9. The average Bonchev–Trinajstić information content (AvgIpc) is 3.23. The minimum Gasteiger partial charge on any atom is -0.316 e. The summed E-state index contributed by atoms with van der Waals surface area (Å²) in [4.78, 5) is 0.422. The lowest BCUT2D eigenvalue weighted by Crippen LogP contribution is -2.34. The Balaban J connectivity index is 2.23. The predicted octanol–water partition coefficient (Wildman–Crippen LogP) is 2.61. The van der Waals surface area contributed by atoms with E-state index < -0.39 is 10.0 Å². The van der Waals surface area contributed by atoms with E-state index in [0.29, 0.717) is 23.9 Å². The summed E-state index contributed by atoms with van der Waals surface area (Å²) in [7, 11) is -1.51. The first-order chi connectivity index (χ1) is 9.95. The molecular formula is C16H26N2O2S. The summed E-state index contributed by atoms with van der Waals surface area (Å²) in [5.74, 6) is 0.511. The molecule has 0 bridgehead atoms. The molecular weight excluding hydrogens is 284 g/mol. The topological polar surface area (TPSA) is 49.4 Å². The predicted molar refractivity (Wildman–Crippen MR) is 85.6 cm³/mol. The van der Waals surface area contributed by atoms with E-state index in [0.717, 1.165) is 24.8 Å². The van der Waals surface area contributed by atoms with Crippen LogP contribution in [0, 0.1) is 5.92 Å². The van der Waals surface area contributed by atoms with Gasteiger partial charge in [0.25, 0.3) is 0 Å². The molecule has 1 aromatic rings. The maximum Gasteiger partial charge on any atom is 0.243 e. The number of sulfonamides is 1. The number of hydrogen-bond donors (Lipinski definition) is 1. The van der Waals surface area contributed by atoms with Gasteiger partial charge in [0.2, 0.25) is 10.0 Å². The third kappa shape index (κ3) is 4.28. The maximum atomic E-state index is 12.9. The largest absolute Gasteiger partial charge is 0.316 e. The van der Waals surface area contributed by atoms with Crippen LogP contribution in [0.4, 0.5) is 0 Å². The zero-order chi connectivity index (χ0) is 15.5. The second-order valence-electron chi connectivity index (χ2n) is 6.21. The van der Waals surface area contributed by atoms with Gasteiger partial charge >= 0.3 is 0 Å². The number of hydrogen-bond acceptors (Lipinski definition) is 3. The number of nitrogens with zero attached hydrogens (tertiary/aromatic N) is 1. The molecule has 0 heterocycles. The lowest BCUT2D eigenvalue weighted by atomic mass is 10.1. The molecule has 5 heteroatoms. The third-order valence-corrected chi connectivity index (χ3v) is 5.71. The van der Waals surface area contributed by atoms with E-state index in [1.807, 2.05) is 19.2 Å². The van der Waals surface area contributed by atoms with E-state index in [1.54, 1.807) is 16.4 Å². The van der Waals surface area contributed by atoms with E-state index in [-0.39, 0.29) is 6.04 Å². The average molecular weight is 310 g/mol. The van der Waals surface area contributed by atoms with Gasteiger partial charge in [-0.25, -0.2) is 8.42 Å². The Bertz CT molecular complexity index is 565. The van der Waals surface area contributed by atoms with E-state index in [1.165, 1.54) is 0 Å². The summed E-state index contributed by atoms with van der Waals surface area (Å²) in [5, 5.41) is 3.06. The summed E-state index contributed by atoms with van der Waals surface area (Å²) in [6.07, 6.45) is 2.90. The van der Waals surface area contributed by atoms with Crippen LogP contribution in [-0.4, -0.2) is 32.4 Å². The third-order valence-electron chi connectivity index (χ3n) is 3.77. The monoisotopic (exact) mass is 310 g/mol. The van der Waals surface area contributed by atoms with Crippen LogP contribution in [0.15, 0.2) is 29.2 Å². The molecule has 1 aliphatic rings. The highest BCUT2D eigenvalue weighted by molar-refractivity contribution is 7.89. The molecule has 0 saturated heterocycles. The summed E-state index contributed by atoms with van der Waals surface area (Å²) in [6, 6.07) is 7.48. The Hall–Kier alpha value is -0.910. The second-order valence-corrected chi connectivity index (χ2v) is 8.10. The fourth-order valence-electron chi connectivity index (χ4n) is 2.40. The van der Waals surface area contributed by atoms with Crippen molar-refractivity contribution in [3.8, 4) is 0 Å². The number of nitrogens with one attached hydrogen (secondary N) is 1. The second kappa shape index (κ2) is 6.90. The molecule has 1 fully saturated rings.